The molecule has 0 bridgehead atoms. The monoisotopic (exact) mass is 1410 g/mol. The maximum atomic E-state index is 13.0. The van der Waals surface area contributed by atoms with Crippen molar-refractivity contribution < 1.29 is 42.9 Å². The van der Waals surface area contributed by atoms with Crippen molar-refractivity contribution in [2.24, 2.45) is 0 Å². The summed E-state index contributed by atoms with van der Waals surface area (Å²) in [5, 5.41) is 9.78. The molecule has 0 aromatic carbocycles. The molecule has 101 heavy (non-hydrogen) atoms. The minimum atomic E-state index is -1.52. The number of hydrogen-bond acceptors (Lipinski definition) is 7. The number of carbonyl (C=O) groups is 3. The van der Waals surface area contributed by atoms with E-state index in [0.29, 0.717) is 23.9 Å². The van der Waals surface area contributed by atoms with Crippen LogP contribution < -0.4 is 0 Å². The molecule has 0 saturated heterocycles. The van der Waals surface area contributed by atoms with E-state index in [4.69, 9.17) is 18.9 Å². The summed E-state index contributed by atoms with van der Waals surface area (Å²) in [5.41, 5.74) is 0. The molecule has 0 aromatic heterocycles. The zero-order valence-corrected chi connectivity index (χ0v) is 66.5. The average Bonchev–Trinajstić information content (AvgIpc) is 1.21. The van der Waals surface area contributed by atoms with Crippen LogP contribution in [0.15, 0.2) is 134 Å². The number of aliphatic carboxylic acids is 1. The second-order valence-corrected chi connectivity index (χ2v) is 29.4. The molecular formula is C92H160NO8+. The van der Waals surface area contributed by atoms with Crippen LogP contribution in [0.2, 0.25) is 0 Å². The van der Waals surface area contributed by atoms with Crippen LogP contribution in [0.1, 0.15) is 373 Å². The molecule has 0 rings (SSSR count). The van der Waals surface area contributed by atoms with Gasteiger partial charge in [0.2, 0.25) is 0 Å². The van der Waals surface area contributed by atoms with Gasteiger partial charge in [-0.3, -0.25) is 9.59 Å². The van der Waals surface area contributed by atoms with E-state index in [1.54, 1.807) is 0 Å². The van der Waals surface area contributed by atoms with E-state index in [1.807, 2.05) is 21.1 Å². The highest BCUT2D eigenvalue weighted by molar-refractivity contribution is 5.71. The van der Waals surface area contributed by atoms with Gasteiger partial charge in [-0.05, 0) is 96.3 Å². The standard InChI is InChI=1S/C92H159NO8/c1-6-8-10-12-14-16-18-20-22-24-26-28-30-32-34-36-38-40-42-43-44-45-46-47-49-51-53-55-57-59-61-63-65-67-69-71-73-75-77-79-81-83-90(95)101-88(87-100-92(91(96)97)98-85-84-93(3,4)5)86-99-89(94)82-80-78-76-74-72-70-68-66-64-62-60-58-56-54-52-50-48-41-39-37-35-33-31-29-27-25-23-21-19-17-15-13-11-9-7-2/h8,10,14,16,20,22,26,28,32,34,38,40,43-44,46-47,51,53,57,59,63,65,88,92H,6-7,9,11-13,15,17-19,21,23-25,27,29-31,33,35-37,39,41-42,45,48-50,52,54-56,58,60-62,64,66-87H2,1-5H3/p+1/b10-8-,16-14-,22-20-,28-26-,34-32-,40-38-,44-43-,47-46-,53-51-,59-57-,65-63-. The average molecular weight is 1410 g/mol. The van der Waals surface area contributed by atoms with Crippen LogP contribution in [-0.2, 0) is 33.3 Å². The van der Waals surface area contributed by atoms with Crippen LogP contribution in [0, 0.1) is 0 Å². The van der Waals surface area contributed by atoms with Crippen LogP contribution in [0.3, 0.4) is 0 Å². The first kappa shape index (κ1) is 96.4. The number of carbonyl (C=O) groups excluding carboxylic acids is 2. The van der Waals surface area contributed by atoms with Crippen molar-refractivity contribution in [3.63, 3.8) is 0 Å². The van der Waals surface area contributed by atoms with Crippen LogP contribution in [0.4, 0.5) is 0 Å². The Balaban J connectivity index is 4.07. The lowest BCUT2D eigenvalue weighted by Crippen LogP contribution is -2.40. The number of rotatable bonds is 78. The van der Waals surface area contributed by atoms with E-state index >= 15 is 0 Å². The fourth-order valence-electron chi connectivity index (χ4n) is 12.0. The van der Waals surface area contributed by atoms with Gasteiger partial charge in [0, 0.05) is 12.8 Å². The summed E-state index contributed by atoms with van der Waals surface area (Å²) >= 11 is 0. The lowest BCUT2D eigenvalue weighted by molar-refractivity contribution is -0.870. The lowest BCUT2D eigenvalue weighted by atomic mass is 10.0. The number of quaternary nitrogens is 1. The maximum Gasteiger partial charge on any atom is 0.361 e. The van der Waals surface area contributed by atoms with Crippen molar-refractivity contribution in [1.29, 1.82) is 0 Å². The Morgan fingerprint density at radius 3 is 0.842 bits per heavy atom. The molecule has 0 aromatic rings. The summed E-state index contributed by atoms with van der Waals surface area (Å²) in [7, 11) is 5.98. The fourth-order valence-corrected chi connectivity index (χ4v) is 12.0. The van der Waals surface area contributed by atoms with Gasteiger partial charge in [-0.25, -0.2) is 4.79 Å². The molecule has 0 spiro atoms. The molecule has 9 nitrogen and oxygen atoms in total. The molecule has 1 N–H and O–H groups in total. The predicted molar refractivity (Wildman–Crippen MR) is 438 cm³/mol. The van der Waals surface area contributed by atoms with Crippen molar-refractivity contribution in [3.8, 4) is 0 Å². The SMILES string of the molecule is CC/C=C\C/C=C\C/C=C\C/C=C\C/C=C\C/C=C\C/C=C\C/C=C\C/C=C\C/C=C\C/C=C\CCCCCCCCCC(=O)OC(COC(=O)CCCCCCCCCCCCCCCCCCCCCCCCCCCCCCCCCCCCC)COC(OCC[N+](C)(C)C)C(=O)O. The van der Waals surface area contributed by atoms with E-state index in [9.17, 15) is 19.5 Å². The summed E-state index contributed by atoms with van der Waals surface area (Å²) in [6.07, 6.45) is 115. The Morgan fingerprint density at radius 2 is 0.564 bits per heavy atom. The van der Waals surface area contributed by atoms with Gasteiger partial charge in [0.1, 0.15) is 13.2 Å². The predicted octanol–water partition coefficient (Wildman–Crippen LogP) is 27.6. The first-order chi connectivity index (χ1) is 49.6. The first-order valence-electron chi connectivity index (χ1n) is 42.3. The van der Waals surface area contributed by atoms with Crippen molar-refractivity contribution in [2.75, 3.05) is 47.5 Å². The molecule has 0 fully saturated rings. The molecule has 2 atom stereocenters. The lowest BCUT2D eigenvalue weighted by Gasteiger charge is -2.25. The van der Waals surface area contributed by atoms with Gasteiger partial charge < -0.3 is 28.5 Å². The van der Waals surface area contributed by atoms with Gasteiger partial charge in [0.05, 0.1) is 34.4 Å². The first-order valence-corrected chi connectivity index (χ1v) is 42.3. The number of carboxylic acids is 1. The number of ether oxygens (including phenoxy) is 4. The van der Waals surface area contributed by atoms with Gasteiger partial charge >= 0.3 is 17.9 Å². The molecule has 0 amide bonds. The quantitative estimate of drug-likeness (QED) is 0.0211. The summed E-state index contributed by atoms with van der Waals surface area (Å²) in [5.74, 6) is -2.01. The highest BCUT2D eigenvalue weighted by Crippen LogP contribution is 2.19. The summed E-state index contributed by atoms with van der Waals surface area (Å²) < 4.78 is 23.0. The minimum Gasteiger partial charge on any atom is -0.477 e. The smallest absolute Gasteiger partial charge is 0.361 e. The van der Waals surface area contributed by atoms with Crippen LogP contribution in [-0.4, -0.2) is 87.4 Å². The largest absolute Gasteiger partial charge is 0.477 e. The van der Waals surface area contributed by atoms with Crippen LogP contribution in [0.25, 0.3) is 0 Å². The minimum absolute atomic E-state index is 0.181. The second kappa shape index (κ2) is 81.1. The zero-order valence-electron chi connectivity index (χ0n) is 66.5. The molecule has 0 aliphatic carbocycles. The molecule has 9 heteroatoms. The molecular weight excluding hydrogens is 1250 g/mol. The molecule has 0 heterocycles. The van der Waals surface area contributed by atoms with Gasteiger partial charge in [0.25, 0.3) is 6.29 Å². The zero-order chi connectivity index (χ0) is 73.2. The molecule has 580 valence electrons. The van der Waals surface area contributed by atoms with Crippen LogP contribution in [0.5, 0.6) is 0 Å². The topological polar surface area (TPSA) is 108 Å². The Kier molecular flexibility index (Phi) is 77.4. The third-order valence-corrected chi connectivity index (χ3v) is 18.4. The molecule has 2 unspecified atom stereocenters. The van der Waals surface area contributed by atoms with E-state index < -0.39 is 24.3 Å². The summed E-state index contributed by atoms with van der Waals surface area (Å²) in [4.78, 5) is 37.8. The van der Waals surface area contributed by atoms with Crippen LogP contribution >= 0.6 is 0 Å². The van der Waals surface area contributed by atoms with Crippen molar-refractivity contribution >= 4 is 17.9 Å². The van der Waals surface area contributed by atoms with Crippen molar-refractivity contribution in [2.45, 2.75) is 386 Å². The summed E-state index contributed by atoms with van der Waals surface area (Å²) in [6.45, 7) is 4.79. The normalized spacial score (nSPS) is 13.3. The van der Waals surface area contributed by atoms with Gasteiger partial charge in [-0.15, -0.1) is 0 Å². The highest BCUT2D eigenvalue weighted by atomic mass is 16.7. The Hall–Kier alpha value is -4.57. The Labute approximate surface area is 624 Å². The van der Waals surface area contributed by atoms with Gasteiger partial charge in [0.15, 0.2) is 6.10 Å². The van der Waals surface area contributed by atoms with E-state index in [0.717, 1.165) is 116 Å². The van der Waals surface area contributed by atoms with E-state index in [2.05, 4.69) is 148 Å². The third-order valence-electron chi connectivity index (χ3n) is 18.4. The van der Waals surface area contributed by atoms with Gasteiger partial charge in [-0.1, -0.05) is 398 Å². The number of nitrogens with zero attached hydrogens (tertiary/aromatic N) is 1. The molecule has 0 radical (unpaired) electrons. The number of esters is 2. The molecule has 0 aliphatic rings. The number of allylic oxidation sites excluding steroid dienone is 22. The van der Waals surface area contributed by atoms with E-state index in [1.165, 1.54) is 225 Å². The highest BCUT2D eigenvalue weighted by Gasteiger charge is 2.25. The molecule has 0 saturated carbocycles. The second-order valence-electron chi connectivity index (χ2n) is 29.4. The van der Waals surface area contributed by atoms with Crippen molar-refractivity contribution in [3.05, 3.63) is 134 Å². The number of hydrogen-bond donors (Lipinski definition) is 1. The number of carboxylic acid groups (broad SMARTS) is 1. The number of likely N-dealkylation sites (N-methyl/N-ethyl adjacent to an activating group) is 1. The Morgan fingerprint density at radius 1 is 0.307 bits per heavy atom. The number of unbranched alkanes of at least 4 members (excludes halogenated alkanes) is 41. The third kappa shape index (κ3) is 82.6. The van der Waals surface area contributed by atoms with Crippen molar-refractivity contribution in [1.82, 2.24) is 0 Å². The Bertz CT molecular complexity index is 2130. The molecule has 0 aliphatic heterocycles. The van der Waals surface area contributed by atoms with E-state index in [-0.39, 0.29) is 32.2 Å². The maximum absolute atomic E-state index is 13.0. The van der Waals surface area contributed by atoms with Gasteiger partial charge in [-0.2, -0.15) is 0 Å². The summed E-state index contributed by atoms with van der Waals surface area (Å²) in [6, 6.07) is 0. The fraction of sp³-hybridized carbons (Fsp3) is 0.728.